The second kappa shape index (κ2) is 6.67. The molecule has 2 atom stereocenters. The van der Waals surface area contributed by atoms with Crippen molar-refractivity contribution in [3.63, 3.8) is 0 Å². The van der Waals surface area contributed by atoms with Gasteiger partial charge in [-0.15, -0.1) is 17.0 Å². The minimum absolute atomic E-state index is 0. The van der Waals surface area contributed by atoms with Gasteiger partial charge in [0.25, 0.3) is 0 Å². The molecular weight excluding hydrogens is 460 g/mol. The third kappa shape index (κ3) is 2.85. The molecule has 3 N–H and O–H groups in total. The Morgan fingerprint density at radius 3 is 2.75 bits per heavy atom. The molecule has 1 heterocycles. The van der Waals surface area contributed by atoms with Gasteiger partial charge in [0.15, 0.2) is 0 Å². The lowest BCUT2D eigenvalue weighted by Gasteiger charge is -2.35. The predicted molar refractivity (Wildman–Crippen MR) is 105 cm³/mol. The summed E-state index contributed by atoms with van der Waals surface area (Å²) in [7, 11) is -3.79. The van der Waals surface area contributed by atoms with Crippen LogP contribution in [0.15, 0.2) is 53.2 Å². The monoisotopic (exact) mass is 476 g/mol. The summed E-state index contributed by atoms with van der Waals surface area (Å²) in [6.07, 6.45) is 6.81. The maximum atomic E-state index is 13.3. The van der Waals surface area contributed by atoms with E-state index < -0.39 is 14.8 Å². The lowest BCUT2D eigenvalue weighted by Crippen LogP contribution is -2.47. The van der Waals surface area contributed by atoms with Crippen molar-refractivity contribution >= 4 is 53.8 Å². The molecule has 1 aliphatic carbocycles. The Balaban J connectivity index is 0.00000208. The Kier molecular flexibility index (Phi) is 5.34. The number of fused-ring (bicyclic) bond motifs is 1. The van der Waals surface area contributed by atoms with E-state index >= 15 is 0 Å². The zero-order chi connectivity index (χ0) is 16.8. The van der Waals surface area contributed by atoms with Gasteiger partial charge in [0.2, 0.25) is 10.0 Å². The number of hydrogen-bond donors (Lipinski definition) is 2. The SMILES string of the molecule is Br.CC1(S(=O)(=O)n2ccc3ccc(O)cc32)C=C(Br)C=CC1CN. The summed E-state index contributed by atoms with van der Waals surface area (Å²) in [5, 5.41) is 10.4. The summed E-state index contributed by atoms with van der Waals surface area (Å²) >= 11 is 3.36. The fourth-order valence-corrected chi connectivity index (χ4v) is 5.60. The maximum absolute atomic E-state index is 13.3. The highest BCUT2D eigenvalue weighted by molar-refractivity contribution is 9.11. The normalized spacial score (nSPS) is 23.8. The van der Waals surface area contributed by atoms with Crippen molar-refractivity contribution in [2.45, 2.75) is 11.7 Å². The van der Waals surface area contributed by atoms with E-state index in [9.17, 15) is 13.5 Å². The Hall–Kier alpha value is -1.09. The molecule has 0 bridgehead atoms. The van der Waals surface area contributed by atoms with E-state index in [2.05, 4.69) is 15.9 Å². The molecule has 2 unspecified atom stereocenters. The van der Waals surface area contributed by atoms with Crippen molar-refractivity contribution in [2.75, 3.05) is 6.54 Å². The summed E-state index contributed by atoms with van der Waals surface area (Å²) in [5.74, 6) is -0.322. The van der Waals surface area contributed by atoms with Crippen LogP contribution in [0, 0.1) is 5.92 Å². The van der Waals surface area contributed by atoms with Gasteiger partial charge in [-0.1, -0.05) is 28.1 Å². The quantitative estimate of drug-likeness (QED) is 0.710. The Morgan fingerprint density at radius 2 is 2.08 bits per heavy atom. The van der Waals surface area contributed by atoms with Crippen LogP contribution in [-0.4, -0.2) is 28.8 Å². The number of phenolic OH excluding ortho intramolecular Hbond substituents is 1. The van der Waals surface area contributed by atoms with E-state index in [0.717, 1.165) is 5.39 Å². The number of nitrogens with zero attached hydrogens (tertiary/aromatic N) is 1. The number of aromatic hydroxyl groups is 1. The van der Waals surface area contributed by atoms with Gasteiger partial charge in [0.1, 0.15) is 10.5 Å². The lowest BCUT2D eigenvalue weighted by molar-refractivity contribution is 0.476. The number of phenols is 1. The molecule has 0 spiro atoms. The smallest absolute Gasteiger partial charge is 0.248 e. The molecule has 0 aliphatic heterocycles. The van der Waals surface area contributed by atoms with Crippen LogP contribution in [0.3, 0.4) is 0 Å². The molecule has 0 saturated heterocycles. The zero-order valence-corrected chi connectivity index (χ0v) is 17.0. The standard InChI is InChI=1S/C16H17BrN2O3S.BrH/c1-16(9-13(17)4-3-12(16)10-18)23(21,22)19-7-6-11-2-5-14(20)8-15(11)19;/h2-9,12,20H,10,18H2,1H3;1H. The fourth-order valence-electron chi connectivity index (χ4n) is 2.92. The molecule has 0 amide bonds. The van der Waals surface area contributed by atoms with Crippen molar-refractivity contribution in [3.05, 3.63) is 53.2 Å². The van der Waals surface area contributed by atoms with Crippen LogP contribution in [0.1, 0.15) is 6.92 Å². The second-order valence-corrected chi connectivity index (χ2v) is 8.91. The van der Waals surface area contributed by atoms with Crippen molar-refractivity contribution in [1.82, 2.24) is 3.97 Å². The predicted octanol–water partition coefficient (Wildman–Crippen LogP) is 3.28. The van der Waals surface area contributed by atoms with E-state index in [0.29, 0.717) is 10.00 Å². The zero-order valence-electron chi connectivity index (χ0n) is 12.9. The van der Waals surface area contributed by atoms with Crippen molar-refractivity contribution in [3.8, 4) is 5.75 Å². The van der Waals surface area contributed by atoms with Crippen LogP contribution < -0.4 is 5.73 Å². The Morgan fingerprint density at radius 1 is 1.38 bits per heavy atom. The van der Waals surface area contributed by atoms with E-state index in [4.69, 9.17) is 5.73 Å². The van der Waals surface area contributed by atoms with Crippen molar-refractivity contribution in [1.29, 1.82) is 0 Å². The summed E-state index contributed by atoms with van der Waals surface area (Å²) < 4.78 is 27.4. The number of rotatable bonds is 3. The van der Waals surface area contributed by atoms with Crippen LogP contribution in [0.25, 0.3) is 10.9 Å². The molecule has 2 aromatic rings. The first-order chi connectivity index (χ1) is 10.8. The van der Waals surface area contributed by atoms with Crippen LogP contribution in [0.5, 0.6) is 5.75 Å². The Labute approximate surface area is 159 Å². The first kappa shape index (κ1) is 19.2. The molecule has 0 fully saturated rings. The van der Waals surface area contributed by atoms with E-state index in [1.165, 1.54) is 22.3 Å². The minimum atomic E-state index is -3.79. The van der Waals surface area contributed by atoms with Gasteiger partial charge < -0.3 is 10.8 Å². The summed E-state index contributed by atoms with van der Waals surface area (Å²) in [5.41, 5.74) is 6.25. The van der Waals surface area contributed by atoms with Gasteiger partial charge >= 0.3 is 0 Å². The molecule has 24 heavy (non-hydrogen) atoms. The molecule has 5 nitrogen and oxygen atoms in total. The van der Waals surface area contributed by atoms with E-state index in [1.807, 2.05) is 12.2 Å². The fraction of sp³-hybridized carbons (Fsp3) is 0.250. The highest BCUT2D eigenvalue weighted by Gasteiger charge is 2.45. The number of hydrogen-bond acceptors (Lipinski definition) is 4. The third-order valence-corrected chi connectivity index (χ3v) is 7.22. The number of nitrogens with two attached hydrogens (primary N) is 1. The molecule has 0 radical (unpaired) electrons. The number of benzene rings is 1. The first-order valence-electron chi connectivity index (χ1n) is 7.11. The number of aromatic nitrogens is 1. The van der Waals surface area contributed by atoms with Gasteiger partial charge in [0, 0.05) is 34.6 Å². The van der Waals surface area contributed by atoms with Gasteiger partial charge in [-0.3, -0.25) is 0 Å². The van der Waals surface area contributed by atoms with Gasteiger partial charge in [-0.05, 0) is 31.2 Å². The first-order valence-corrected chi connectivity index (χ1v) is 9.35. The summed E-state index contributed by atoms with van der Waals surface area (Å²) in [6.45, 7) is 1.88. The molecule has 130 valence electrons. The minimum Gasteiger partial charge on any atom is -0.508 e. The van der Waals surface area contributed by atoms with E-state index in [1.54, 1.807) is 25.1 Å². The van der Waals surface area contributed by atoms with Crippen LogP contribution >= 0.6 is 32.9 Å². The van der Waals surface area contributed by atoms with Gasteiger partial charge in [-0.25, -0.2) is 12.4 Å². The number of allylic oxidation sites excluding steroid dienone is 2. The lowest BCUT2D eigenvalue weighted by atomic mass is 9.89. The second-order valence-electron chi connectivity index (χ2n) is 5.77. The van der Waals surface area contributed by atoms with E-state index in [-0.39, 0.29) is 35.2 Å². The molecule has 1 aromatic carbocycles. The molecule has 1 aliphatic rings. The largest absolute Gasteiger partial charge is 0.508 e. The van der Waals surface area contributed by atoms with Crippen molar-refractivity contribution < 1.29 is 13.5 Å². The highest BCUT2D eigenvalue weighted by Crippen LogP contribution is 2.38. The highest BCUT2D eigenvalue weighted by atomic mass is 79.9. The molecule has 1 aromatic heterocycles. The van der Waals surface area contributed by atoms with Crippen LogP contribution in [0.4, 0.5) is 0 Å². The third-order valence-electron chi connectivity index (χ3n) is 4.36. The van der Waals surface area contributed by atoms with Gasteiger partial charge in [-0.2, -0.15) is 0 Å². The summed E-state index contributed by atoms with van der Waals surface area (Å²) in [4.78, 5) is 0. The molecular formula is C16H18Br2N2O3S. The number of halogens is 2. The van der Waals surface area contributed by atoms with Crippen LogP contribution in [0.2, 0.25) is 0 Å². The average molecular weight is 478 g/mol. The van der Waals surface area contributed by atoms with Crippen LogP contribution in [-0.2, 0) is 10.0 Å². The Bertz CT molecular complexity index is 934. The topological polar surface area (TPSA) is 85.3 Å². The molecule has 8 heteroatoms. The summed E-state index contributed by atoms with van der Waals surface area (Å²) in [6, 6.07) is 6.38. The van der Waals surface area contributed by atoms with Crippen molar-refractivity contribution in [2.24, 2.45) is 11.7 Å². The average Bonchev–Trinajstić information content (AvgIpc) is 2.90. The van der Waals surface area contributed by atoms with Gasteiger partial charge in [0.05, 0.1) is 5.52 Å². The molecule has 0 saturated carbocycles. The molecule has 3 rings (SSSR count). The maximum Gasteiger partial charge on any atom is 0.248 e.